The third kappa shape index (κ3) is 5.44. The predicted molar refractivity (Wildman–Crippen MR) is 138 cm³/mol. The molecule has 0 saturated carbocycles. The van der Waals surface area contributed by atoms with E-state index >= 15 is 0 Å². The van der Waals surface area contributed by atoms with E-state index in [2.05, 4.69) is 37.5 Å². The Balaban J connectivity index is 1.40. The molecule has 1 aliphatic rings. The van der Waals surface area contributed by atoms with Crippen LogP contribution in [0.2, 0.25) is 0 Å². The van der Waals surface area contributed by atoms with E-state index in [0.717, 1.165) is 35.0 Å². The normalized spacial score (nSPS) is 17.9. The fraction of sp³-hybridized carbons (Fsp3) is 0.286. The lowest BCUT2D eigenvalue weighted by atomic mass is 10.00. The zero-order valence-corrected chi connectivity index (χ0v) is 20.1. The molecule has 36 heavy (non-hydrogen) atoms. The van der Waals surface area contributed by atoms with Gasteiger partial charge in [-0.25, -0.2) is 0 Å². The Hall–Kier alpha value is -4.04. The van der Waals surface area contributed by atoms with Crippen LogP contribution in [0, 0.1) is 0 Å². The highest BCUT2D eigenvalue weighted by Gasteiger charge is 2.26. The summed E-state index contributed by atoms with van der Waals surface area (Å²) in [4.78, 5) is 34.8. The van der Waals surface area contributed by atoms with Gasteiger partial charge < -0.3 is 10.2 Å². The van der Waals surface area contributed by atoms with E-state index < -0.39 is 0 Å². The Morgan fingerprint density at radius 3 is 2.56 bits per heavy atom. The first-order chi connectivity index (χ1) is 17.7. The molecule has 1 fully saturated rings. The lowest BCUT2D eigenvalue weighted by Crippen LogP contribution is -2.39. The Kier molecular flexibility index (Phi) is 7.33. The molecule has 2 aromatic carbocycles. The quantitative estimate of drug-likeness (QED) is 0.464. The van der Waals surface area contributed by atoms with Gasteiger partial charge in [0.25, 0.3) is 5.91 Å². The van der Waals surface area contributed by atoms with Gasteiger partial charge in [-0.3, -0.25) is 24.6 Å². The predicted octanol–water partition coefficient (Wildman–Crippen LogP) is 3.55. The molecule has 5 rings (SSSR count). The van der Waals surface area contributed by atoms with Gasteiger partial charge in [0, 0.05) is 63.0 Å². The van der Waals surface area contributed by atoms with Crippen LogP contribution in [0.3, 0.4) is 0 Å². The molecule has 3 heterocycles. The molecule has 1 unspecified atom stereocenters. The van der Waals surface area contributed by atoms with Crippen molar-refractivity contribution in [2.24, 2.45) is 0 Å². The van der Waals surface area contributed by atoms with Crippen molar-refractivity contribution in [3.63, 3.8) is 0 Å². The molecular weight excluding hydrogens is 452 g/mol. The first-order valence-corrected chi connectivity index (χ1v) is 12.4. The number of H-pyrrole nitrogens is 1. The maximum absolute atomic E-state index is 13.5. The van der Waals surface area contributed by atoms with Gasteiger partial charge in [-0.1, -0.05) is 48.5 Å². The Bertz CT molecular complexity index is 1310. The lowest BCUT2D eigenvalue weighted by Gasteiger charge is -2.32. The minimum absolute atomic E-state index is 0.0249. The Morgan fingerprint density at radius 2 is 1.72 bits per heavy atom. The average Bonchev–Trinajstić information content (AvgIpc) is 3.34. The van der Waals surface area contributed by atoms with Crippen LogP contribution in [0.15, 0.2) is 79.1 Å². The molecule has 4 aromatic rings. The lowest BCUT2D eigenvalue weighted by molar-refractivity contribution is -0.122. The minimum Gasteiger partial charge on any atom is -0.354 e. The molecule has 0 aliphatic carbocycles. The molecule has 8 heteroatoms. The molecule has 1 saturated heterocycles. The first kappa shape index (κ1) is 23.7. The molecule has 0 radical (unpaired) electrons. The van der Waals surface area contributed by atoms with E-state index in [4.69, 9.17) is 0 Å². The van der Waals surface area contributed by atoms with Crippen molar-refractivity contribution in [1.82, 2.24) is 30.3 Å². The number of carbonyl (C=O) groups is 2. The number of benzene rings is 2. The summed E-state index contributed by atoms with van der Waals surface area (Å²) in [5.74, 6) is -0.149. The number of hydrogen-bond donors (Lipinski definition) is 2. The van der Waals surface area contributed by atoms with Crippen LogP contribution < -0.4 is 5.32 Å². The van der Waals surface area contributed by atoms with Gasteiger partial charge in [0.2, 0.25) is 5.91 Å². The molecule has 2 amide bonds. The van der Waals surface area contributed by atoms with Crippen LogP contribution in [0.1, 0.15) is 40.5 Å². The summed E-state index contributed by atoms with van der Waals surface area (Å²) in [6.07, 6.45) is 4.71. The van der Waals surface area contributed by atoms with E-state index in [1.165, 1.54) is 0 Å². The summed E-state index contributed by atoms with van der Waals surface area (Å²) in [6, 6.07) is 21.7. The molecule has 184 valence electrons. The van der Waals surface area contributed by atoms with E-state index in [0.29, 0.717) is 38.3 Å². The van der Waals surface area contributed by atoms with Crippen molar-refractivity contribution < 1.29 is 9.59 Å². The van der Waals surface area contributed by atoms with Crippen molar-refractivity contribution in [3.05, 3.63) is 95.9 Å². The number of amides is 2. The standard InChI is InChI=1S/C28H30N6O2/c35-26-19-25(22-7-2-1-3-8-22)34(20-21-11-13-29-14-12-21)17-6-16-33(18-15-30-26)28(36)27-23-9-4-5-10-24(23)31-32-27/h1-5,7-14,25H,6,15-20H2,(H,30,35)(H,31,32). The third-order valence-corrected chi connectivity index (χ3v) is 6.68. The second kappa shape index (κ2) is 11.1. The van der Waals surface area contributed by atoms with Crippen LogP contribution in [-0.2, 0) is 11.3 Å². The maximum Gasteiger partial charge on any atom is 0.275 e. The number of para-hydroxylation sites is 1. The van der Waals surface area contributed by atoms with Gasteiger partial charge in [-0.05, 0) is 35.7 Å². The van der Waals surface area contributed by atoms with E-state index in [1.807, 2.05) is 54.6 Å². The SMILES string of the molecule is O=C1CC(c2ccccc2)N(Cc2ccncc2)CCCN(C(=O)c2n[nH]c3ccccc23)CCN1. The maximum atomic E-state index is 13.5. The van der Waals surface area contributed by atoms with Gasteiger partial charge >= 0.3 is 0 Å². The zero-order chi connectivity index (χ0) is 24.7. The Labute approximate surface area is 210 Å². The summed E-state index contributed by atoms with van der Waals surface area (Å²) in [6.45, 7) is 2.84. The van der Waals surface area contributed by atoms with Crippen molar-refractivity contribution >= 4 is 22.7 Å². The van der Waals surface area contributed by atoms with Crippen molar-refractivity contribution in [2.75, 3.05) is 26.2 Å². The van der Waals surface area contributed by atoms with Gasteiger partial charge in [-0.15, -0.1) is 0 Å². The Morgan fingerprint density at radius 1 is 0.944 bits per heavy atom. The number of pyridine rings is 1. The number of nitrogens with one attached hydrogen (secondary N) is 2. The number of nitrogens with zero attached hydrogens (tertiary/aromatic N) is 4. The van der Waals surface area contributed by atoms with Crippen LogP contribution in [0.25, 0.3) is 10.9 Å². The number of rotatable bonds is 4. The van der Waals surface area contributed by atoms with Crippen LogP contribution >= 0.6 is 0 Å². The van der Waals surface area contributed by atoms with E-state index in [9.17, 15) is 9.59 Å². The fourth-order valence-corrected chi connectivity index (χ4v) is 4.83. The topological polar surface area (TPSA) is 94.2 Å². The molecule has 1 aliphatic heterocycles. The number of carbonyl (C=O) groups excluding carboxylic acids is 2. The van der Waals surface area contributed by atoms with E-state index in [1.54, 1.807) is 17.3 Å². The first-order valence-electron chi connectivity index (χ1n) is 12.4. The highest BCUT2D eigenvalue weighted by atomic mass is 16.2. The zero-order valence-electron chi connectivity index (χ0n) is 20.1. The summed E-state index contributed by atoms with van der Waals surface area (Å²) < 4.78 is 0. The van der Waals surface area contributed by atoms with Crippen molar-refractivity contribution in [1.29, 1.82) is 0 Å². The minimum atomic E-state index is -0.124. The van der Waals surface area contributed by atoms with Crippen molar-refractivity contribution in [3.8, 4) is 0 Å². The second-order valence-corrected chi connectivity index (χ2v) is 9.07. The number of fused-ring (bicyclic) bond motifs is 1. The second-order valence-electron chi connectivity index (χ2n) is 9.07. The molecule has 8 nitrogen and oxygen atoms in total. The number of aromatic amines is 1. The average molecular weight is 483 g/mol. The summed E-state index contributed by atoms with van der Waals surface area (Å²) in [7, 11) is 0. The smallest absolute Gasteiger partial charge is 0.275 e. The molecule has 0 bridgehead atoms. The molecule has 2 N–H and O–H groups in total. The van der Waals surface area contributed by atoms with E-state index in [-0.39, 0.29) is 17.9 Å². The van der Waals surface area contributed by atoms with Crippen LogP contribution in [-0.4, -0.2) is 63.0 Å². The number of hydrogen-bond acceptors (Lipinski definition) is 5. The molecular formula is C28H30N6O2. The molecule has 1 atom stereocenters. The molecule has 0 spiro atoms. The monoisotopic (exact) mass is 482 g/mol. The molecule has 2 aromatic heterocycles. The van der Waals surface area contributed by atoms with Gasteiger partial charge in [-0.2, -0.15) is 5.10 Å². The van der Waals surface area contributed by atoms with Gasteiger partial charge in [0.1, 0.15) is 0 Å². The van der Waals surface area contributed by atoms with Crippen LogP contribution in [0.5, 0.6) is 0 Å². The summed E-state index contributed by atoms with van der Waals surface area (Å²) in [5.41, 5.74) is 3.50. The van der Waals surface area contributed by atoms with Gasteiger partial charge in [0.05, 0.1) is 5.52 Å². The number of aromatic nitrogens is 3. The highest BCUT2D eigenvalue weighted by Crippen LogP contribution is 2.27. The third-order valence-electron chi connectivity index (χ3n) is 6.68. The fourth-order valence-electron chi connectivity index (χ4n) is 4.83. The van der Waals surface area contributed by atoms with Gasteiger partial charge in [0.15, 0.2) is 5.69 Å². The highest BCUT2D eigenvalue weighted by molar-refractivity contribution is 6.04. The largest absolute Gasteiger partial charge is 0.354 e. The summed E-state index contributed by atoms with van der Waals surface area (Å²) >= 11 is 0. The van der Waals surface area contributed by atoms with Crippen LogP contribution in [0.4, 0.5) is 0 Å². The summed E-state index contributed by atoms with van der Waals surface area (Å²) in [5, 5.41) is 11.1. The van der Waals surface area contributed by atoms with Crippen molar-refractivity contribution in [2.45, 2.75) is 25.4 Å².